The van der Waals surface area contributed by atoms with Crippen molar-refractivity contribution in [1.29, 1.82) is 0 Å². The first-order chi connectivity index (χ1) is 7.22. The lowest BCUT2D eigenvalue weighted by molar-refractivity contribution is -0.142. The summed E-state index contributed by atoms with van der Waals surface area (Å²) in [6, 6.07) is 0. The number of ether oxygens (including phenoxy) is 2. The lowest BCUT2D eigenvalue weighted by Gasteiger charge is -2.18. The fraction of sp³-hybridized carbons (Fsp3) is 0.615. The van der Waals surface area contributed by atoms with Crippen molar-refractivity contribution in [2.45, 2.75) is 27.7 Å². The van der Waals surface area contributed by atoms with Crippen LogP contribution in [0.15, 0.2) is 24.3 Å². The van der Waals surface area contributed by atoms with Gasteiger partial charge in [-0.15, -0.1) is 0 Å². The van der Waals surface area contributed by atoms with Gasteiger partial charge in [0.15, 0.2) is 0 Å². The molecule has 16 heavy (non-hydrogen) atoms. The second-order valence-electron chi connectivity index (χ2n) is 5.19. The zero-order valence-electron chi connectivity index (χ0n) is 10.8. The summed E-state index contributed by atoms with van der Waals surface area (Å²) in [7, 11) is 0. The molecule has 0 aliphatic rings. The van der Waals surface area contributed by atoms with Gasteiger partial charge >= 0.3 is 5.97 Å². The molecule has 0 heterocycles. The average molecular weight is 226 g/mol. The van der Waals surface area contributed by atoms with Crippen molar-refractivity contribution in [3.05, 3.63) is 24.3 Å². The van der Waals surface area contributed by atoms with Gasteiger partial charge in [0.05, 0.1) is 25.4 Å². The summed E-state index contributed by atoms with van der Waals surface area (Å²) >= 11 is 0. The van der Waals surface area contributed by atoms with E-state index in [1.807, 2.05) is 27.7 Å². The van der Waals surface area contributed by atoms with Crippen LogP contribution in [0.4, 0.5) is 0 Å². The van der Waals surface area contributed by atoms with E-state index in [0.29, 0.717) is 18.8 Å². The first-order valence-corrected chi connectivity index (χ1v) is 5.29. The van der Waals surface area contributed by atoms with Crippen LogP contribution < -0.4 is 0 Å². The molecule has 0 saturated carbocycles. The number of carbonyl (C=O) groups is 1. The van der Waals surface area contributed by atoms with Crippen LogP contribution in [0, 0.1) is 5.41 Å². The number of carbonyl (C=O) groups excluding carboxylic acids is 1. The molecule has 0 saturated heterocycles. The molecule has 92 valence electrons. The monoisotopic (exact) mass is 226 g/mol. The summed E-state index contributed by atoms with van der Waals surface area (Å²) in [5.74, 6) is -0.392. The molecular weight excluding hydrogens is 204 g/mol. The molecule has 0 aromatic carbocycles. The summed E-state index contributed by atoms with van der Waals surface area (Å²) in [5, 5.41) is 0. The molecule has 0 aliphatic carbocycles. The third-order valence-corrected chi connectivity index (χ3v) is 1.55. The third-order valence-electron chi connectivity index (χ3n) is 1.55. The Hall–Kier alpha value is -1.09. The van der Waals surface area contributed by atoms with Gasteiger partial charge in [-0.25, -0.2) is 4.79 Å². The van der Waals surface area contributed by atoms with E-state index in [4.69, 9.17) is 9.47 Å². The maximum Gasteiger partial charge on any atom is 0.335 e. The Balaban J connectivity index is 3.83. The van der Waals surface area contributed by atoms with Gasteiger partial charge < -0.3 is 9.47 Å². The molecule has 0 unspecified atom stereocenters. The van der Waals surface area contributed by atoms with Gasteiger partial charge in [0, 0.05) is 0 Å². The highest BCUT2D eigenvalue weighted by atomic mass is 16.5. The molecule has 0 spiro atoms. The molecule has 0 aliphatic heterocycles. The first-order valence-electron chi connectivity index (χ1n) is 5.29. The van der Waals surface area contributed by atoms with Crippen molar-refractivity contribution in [2.75, 3.05) is 19.8 Å². The number of rotatable bonds is 6. The molecule has 3 nitrogen and oxygen atoms in total. The van der Waals surface area contributed by atoms with E-state index in [1.165, 1.54) is 0 Å². The number of esters is 1. The highest BCUT2D eigenvalue weighted by molar-refractivity contribution is 5.87. The zero-order chi connectivity index (χ0) is 12.8. The van der Waals surface area contributed by atoms with Crippen molar-refractivity contribution < 1.29 is 14.3 Å². The third kappa shape index (κ3) is 8.24. The van der Waals surface area contributed by atoms with Crippen LogP contribution in [0.25, 0.3) is 0 Å². The van der Waals surface area contributed by atoms with E-state index >= 15 is 0 Å². The van der Waals surface area contributed by atoms with E-state index in [-0.39, 0.29) is 12.0 Å². The van der Waals surface area contributed by atoms with Crippen molar-refractivity contribution in [2.24, 2.45) is 5.41 Å². The standard InChI is InChI=1S/C13H22O3/c1-10(2)7-15-8-11(3)12(14)16-9-13(4,5)6/h1,3,7-9H2,2,4-6H3. The van der Waals surface area contributed by atoms with Gasteiger partial charge in [0.1, 0.15) is 0 Å². The lowest BCUT2D eigenvalue weighted by atomic mass is 9.99. The van der Waals surface area contributed by atoms with Gasteiger partial charge in [0.25, 0.3) is 0 Å². The lowest BCUT2D eigenvalue weighted by Crippen LogP contribution is -2.20. The highest BCUT2D eigenvalue weighted by Crippen LogP contribution is 2.13. The number of hydrogen-bond donors (Lipinski definition) is 0. The summed E-state index contributed by atoms with van der Waals surface area (Å²) in [4.78, 5) is 11.4. The molecule has 0 atom stereocenters. The average Bonchev–Trinajstić information content (AvgIpc) is 2.12. The predicted molar refractivity (Wildman–Crippen MR) is 65.2 cm³/mol. The Morgan fingerprint density at radius 2 is 1.75 bits per heavy atom. The van der Waals surface area contributed by atoms with Crippen LogP contribution in [0.5, 0.6) is 0 Å². The van der Waals surface area contributed by atoms with Gasteiger partial charge in [-0.2, -0.15) is 0 Å². The van der Waals surface area contributed by atoms with Gasteiger partial charge in [-0.3, -0.25) is 0 Å². The molecule has 0 bridgehead atoms. The minimum atomic E-state index is -0.392. The van der Waals surface area contributed by atoms with Crippen LogP contribution in [0.1, 0.15) is 27.7 Å². The summed E-state index contributed by atoms with van der Waals surface area (Å²) in [6.07, 6.45) is 0. The highest BCUT2D eigenvalue weighted by Gasteiger charge is 2.15. The maximum absolute atomic E-state index is 11.4. The zero-order valence-corrected chi connectivity index (χ0v) is 10.8. The van der Waals surface area contributed by atoms with Crippen molar-refractivity contribution in [1.82, 2.24) is 0 Å². The normalized spacial score (nSPS) is 11.0. The molecule has 0 radical (unpaired) electrons. The predicted octanol–water partition coefficient (Wildman–Crippen LogP) is 2.72. The molecule has 0 rings (SSSR count). The Bertz CT molecular complexity index is 271. The van der Waals surface area contributed by atoms with E-state index in [1.54, 1.807) is 0 Å². The molecular formula is C13H22O3. The van der Waals surface area contributed by atoms with Crippen molar-refractivity contribution >= 4 is 5.97 Å². The van der Waals surface area contributed by atoms with Gasteiger partial charge in [-0.1, -0.05) is 39.5 Å². The van der Waals surface area contributed by atoms with Crippen LogP contribution in [-0.2, 0) is 14.3 Å². The summed E-state index contributed by atoms with van der Waals surface area (Å²) in [5.41, 5.74) is 1.22. The second kappa shape index (κ2) is 6.48. The van der Waals surface area contributed by atoms with Crippen LogP contribution in [-0.4, -0.2) is 25.8 Å². The van der Waals surface area contributed by atoms with E-state index in [2.05, 4.69) is 13.2 Å². The summed E-state index contributed by atoms with van der Waals surface area (Å²) < 4.78 is 10.3. The number of hydrogen-bond acceptors (Lipinski definition) is 3. The maximum atomic E-state index is 11.4. The Morgan fingerprint density at radius 3 is 2.19 bits per heavy atom. The van der Waals surface area contributed by atoms with Crippen LogP contribution >= 0.6 is 0 Å². The minimum absolute atomic E-state index is 0.0332. The molecule has 0 N–H and O–H groups in total. The smallest absolute Gasteiger partial charge is 0.335 e. The van der Waals surface area contributed by atoms with Gasteiger partial charge in [0.2, 0.25) is 0 Å². The van der Waals surface area contributed by atoms with Crippen molar-refractivity contribution in [3.63, 3.8) is 0 Å². The van der Waals surface area contributed by atoms with Crippen molar-refractivity contribution in [3.8, 4) is 0 Å². The second-order valence-corrected chi connectivity index (χ2v) is 5.19. The fourth-order valence-corrected chi connectivity index (χ4v) is 0.792. The quantitative estimate of drug-likeness (QED) is 0.397. The molecule has 0 aromatic heterocycles. The largest absolute Gasteiger partial charge is 0.462 e. The first kappa shape index (κ1) is 14.9. The van der Waals surface area contributed by atoms with Gasteiger partial charge in [-0.05, 0) is 12.3 Å². The van der Waals surface area contributed by atoms with Crippen LogP contribution in [0.3, 0.4) is 0 Å². The Morgan fingerprint density at radius 1 is 1.19 bits per heavy atom. The van der Waals surface area contributed by atoms with E-state index in [9.17, 15) is 4.79 Å². The molecule has 0 amide bonds. The van der Waals surface area contributed by atoms with E-state index < -0.39 is 5.97 Å². The minimum Gasteiger partial charge on any atom is -0.462 e. The Labute approximate surface area is 98.1 Å². The molecule has 3 heteroatoms. The topological polar surface area (TPSA) is 35.5 Å². The molecule has 0 fully saturated rings. The fourth-order valence-electron chi connectivity index (χ4n) is 0.792. The SMILES string of the molecule is C=C(C)COCC(=C)C(=O)OCC(C)(C)C. The Kier molecular flexibility index (Phi) is 6.04. The summed E-state index contributed by atoms with van der Waals surface area (Å²) in [6.45, 7) is 16.2. The van der Waals surface area contributed by atoms with Crippen LogP contribution in [0.2, 0.25) is 0 Å². The van der Waals surface area contributed by atoms with E-state index in [0.717, 1.165) is 5.57 Å². The molecule has 0 aromatic rings.